The van der Waals surface area contributed by atoms with Gasteiger partial charge >= 0.3 is 11.3 Å². The summed E-state index contributed by atoms with van der Waals surface area (Å²) in [5, 5.41) is 46.4. The van der Waals surface area contributed by atoms with E-state index in [2.05, 4.69) is 0 Å². The summed E-state index contributed by atoms with van der Waals surface area (Å²) in [6.07, 6.45) is 0. The molecule has 0 saturated carbocycles. The lowest BCUT2D eigenvalue weighted by Gasteiger charge is -2.18. The van der Waals surface area contributed by atoms with Crippen molar-refractivity contribution in [2.75, 3.05) is 0 Å². The molecule has 0 aliphatic heterocycles. The summed E-state index contributed by atoms with van der Waals surface area (Å²) in [6, 6.07) is 38.8. The van der Waals surface area contributed by atoms with Crippen molar-refractivity contribution in [3.8, 4) is 56.4 Å². The van der Waals surface area contributed by atoms with Gasteiger partial charge in [0.2, 0.25) is 0 Å². The molecule has 0 amide bonds. The maximum Gasteiger partial charge on any atom is 0.344 e. The second-order valence-corrected chi connectivity index (χ2v) is 13.5. The third kappa shape index (κ3) is 4.78. The zero-order valence-corrected chi connectivity index (χ0v) is 28.1. The fourth-order valence-electron chi connectivity index (χ4n) is 7.72. The molecule has 0 aliphatic carbocycles. The van der Waals surface area contributed by atoms with Crippen LogP contribution in [0, 0.1) is 0 Å². The predicted molar refractivity (Wildman–Crippen MR) is 212 cm³/mol. The third-order valence-corrected chi connectivity index (χ3v) is 10.3. The zero-order chi connectivity index (χ0) is 36.8. The molecule has 0 atom stereocenters. The van der Waals surface area contributed by atoms with Crippen LogP contribution in [0.5, 0.6) is 23.0 Å². The molecule has 0 unspecified atom stereocenters. The topological polar surface area (TPSA) is 141 Å². The Kier molecular flexibility index (Phi) is 6.62. The summed E-state index contributed by atoms with van der Waals surface area (Å²) in [5.74, 6) is 0.152. The molecule has 8 aromatic carbocycles. The standard InChI is InChI=1S/C46H26O8/c47-29-7-1-23(2-8-29)25-5-13-33-27(17-25)19-37-35-15-11-31(49)21-39(35)45(51)53-43(37)41(33)42-34-14-6-26(24-3-9-30(48)10-4-24)18-28(34)20-38-36-16-12-32(50)22-40(36)46(52)54-44(38)42/h1-22,47-50H. The Hall–Kier alpha value is -7.58. The molecular weight excluding hydrogens is 680 g/mol. The molecule has 4 N–H and O–H groups in total. The van der Waals surface area contributed by atoms with Crippen LogP contribution in [0.25, 0.3) is 98.4 Å². The average molecular weight is 707 g/mol. The highest BCUT2D eigenvalue weighted by molar-refractivity contribution is 6.26. The van der Waals surface area contributed by atoms with Gasteiger partial charge in [-0.25, -0.2) is 9.59 Å². The van der Waals surface area contributed by atoms with Crippen LogP contribution in [0.1, 0.15) is 0 Å². The summed E-state index contributed by atoms with van der Waals surface area (Å²) < 4.78 is 12.4. The molecule has 8 nitrogen and oxygen atoms in total. The number of fused-ring (bicyclic) bond motifs is 8. The van der Waals surface area contributed by atoms with Gasteiger partial charge in [-0.1, -0.05) is 48.5 Å². The molecule has 2 aromatic heterocycles. The number of hydrogen-bond donors (Lipinski definition) is 4. The van der Waals surface area contributed by atoms with Crippen LogP contribution in [-0.4, -0.2) is 20.4 Å². The summed E-state index contributed by atoms with van der Waals surface area (Å²) in [4.78, 5) is 27.5. The Morgan fingerprint density at radius 1 is 0.315 bits per heavy atom. The Morgan fingerprint density at radius 3 is 1.07 bits per heavy atom. The molecule has 0 aliphatic rings. The van der Waals surface area contributed by atoms with Gasteiger partial charge in [0.25, 0.3) is 0 Å². The van der Waals surface area contributed by atoms with Crippen molar-refractivity contribution in [1.29, 1.82) is 0 Å². The molecule has 10 aromatic rings. The van der Waals surface area contributed by atoms with Crippen LogP contribution in [0.15, 0.2) is 152 Å². The Morgan fingerprint density at radius 2 is 0.667 bits per heavy atom. The average Bonchev–Trinajstić information content (AvgIpc) is 3.17. The number of phenols is 4. The van der Waals surface area contributed by atoms with Gasteiger partial charge in [0.05, 0.1) is 10.8 Å². The number of rotatable bonds is 3. The highest BCUT2D eigenvalue weighted by Gasteiger charge is 2.24. The third-order valence-electron chi connectivity index (χ3n) is 10.3. The second kappa shape index (κ2) is 11.5. The monoisotopic (exact) mass is 706 g/mol. The molecule has 2 heterocycles. The number of phenolic OH excluding ortho intramolecular Hbond substituents is 4. The molecule has 0 radical (unpaired) electrons. The quantitative estimate of drug-likeness (QED) is 0.0808. The summed E-state index contributed by atoms with van der Waals surface area (Å²) in [5.41, 5.74) is 3.83. The van der Waals surface area contributed by atoms with Crippen molar-refractivity contribution in [2.24, 2.45) is 0 Å². The Labute approximate surface area is 304 Å². The van der Waals surface area contributed by atoms with E-state index in [0.29, 0.717) is 32.7 Å². The van der Waals surface area contributed by atoms with E-state index in [0.717, 1.165) is 43.8 Å². The lowest BCUT2D eigenvalue weighted by Crippen LogP contribution is -2.03. The first-order chi connectivity index (χ1) is 26.2. The first-order valence-electron chi connectivity index (χ1n) is 17.1. The van der Waals surface area contributed by atoms with E-state index in [4.69, 9.17) is 8.83 Å². The van der Waals surface area contributed by atoms with Gasteiger partial charge < -0.3 is 29.3 Å². The smallest absolute Gasteiger partial charge is 0.344 e. The van der Waals surface area contributed by atoms with E-state index >= 15 is 0 Å². The van der Waals surface area contributed by atoms with Crippen LogP contribution in [0.2, 0.25) is 0 Å². The number of benzene rings is 8. The van der Waals surface area contributed by atoms with Crippen molar-refractivity contribution in [3.63, 3.8) is 0 Å². The minimum Gasteiger partial charge on any atom is -0.508 e. The van der Waals surface area contributed by atoms with E-state index in [9.17, 15) is 30.0 Å². The normalized spacial score (nSPS) is 11.8. The van der Waals surface area contributed by atoms with Gasteiger partial charge in [-0.05, 0) is 129 Å². The minimum absolute atomic E-state index is 0.0750. The van der Waals surface area contributed by atoms with Gasteiger partial charge in [0, 0.05) is 32.7 Å². The van der Waals surface area contributed by atoms with Crippen molar-refractivity contribution in [1.82, 2.24) is 0 Å². The van der Waals surface area contributed by atoms with E-state index < -0.39 is 11.3 Å². The summed E-state index contributed by atoms with van der Waals surface area (Å²) in [7, 11) is 0. The van der Waals surface area contributed by atoms with Crippen molar-refractivity contribution < 1.29 is 29.3 Å². The lowest BCUT2D eigenvalue weighted by atomic mass is 9.87. The van der Waals surface area contributed by atoms with Gasteiger partial charge in [-0.3, -0.25) is 0 Å². The van der Waals surface area contributed by atoms with Crippen LogP contribution >= 0.6 is 0 Å². The van der Waals surface area contributed by atoms with Gasteiger partial charge in [-0.15, -0.1) is 0 Å². The van der Waals surface area contributed by atoms with Gasteiger partial charge in [0.15, 0.2) is 0 Å². The number of hydrogen-bond acceptors (Lipinski definition) is 8. The van der Waals surface area contributed by atoms with E-state index in [1.807, 2.05) is 72.8 Å². The van der Waals surface area contributed by atoms with E-state index in [-0.39, 0.29) is 44.9 Å². The molecule has 0 spiro atoms. The summed E-state index contributed by atoms with van der Waals surface area (Å²) in [6.45, 7) is 0. The molecular formula is C46H26O8. The van der Waals surface area contributed by atoms with Crippen LogP contribution in [0.4, 0.5) is 0 Å². The van der Waals surface area contributed by atoms with Crippen molar-refractivity contribution in [2.45, 2.75) is 0 Å². The van der Waals surface area contributed by atoms with Crippen LogP contribution in [-0.2, 0) is 0 Å². The molecule has 258 valence electrons. The minimum atomic E-state index is -0.642. The van der Waals surface area contributed by atoms with Crippen molar-refractivity contribution in [3.05, 3.63) is 154 Å². The Balaban J connectivity index is 1.41. The van der Waals surface area contributed by atoms with E-state index in [1.54, 1.807) is 36.4 Å². The highest BCUT2D eigenvalue weighted by atomic mass is 16.4. The number of aromatic hydroxyl groups is 4. The maximum absolute atomic E-state index is 13.7. The largest absolute Gasteiger partial charge is 0.508 e. The lowest BCUT2D eigenvalue weighted by molar-refractivity contribution is 0.475. The van der Waals surface area contributed by atoms with E-state index in [1.165, 1.54) is 24.3 Å². The molecule has 0 saturated heterocycles. The summed E-state index contributed by atoms with van der Waals surface area (Å²) >= 11 is 0. The van der Waals surface area contributed by atoms with Gasteiger partial charge in [0.1, 0.15) is 34.2 Å². The maximum atomic E-state index is 13.7. The SMILES string of the molecule is O=c1oc2c(-c3c4ccc(-c5ccc(O)cc5)cc4cc4c3oc(=O)c3cc(O)ccc34)c3ccc(-c4ccc(O)cc4)cc3cc2c2ccc(O)cc12. The second-order valence-electron chi connectivity index (χ2n) is 13.5. The predicted octanol–water partition coefficient (Wildman–Crippen LogP) is 10.3. The molecule has 54 heavy (non-hydrogen) atoms. The zero-order valence-electron chi connectivity index (χ0n) is 28.1. The Bertz CT molecular complexity index is 3110. The fourth-order valence-corrected chi connectivity index (χ4v) is 7.72. The van der Waals surface area contributed by atoms with Crippen LogP contribution < -0.4 is 11.3 Å². The first-order valence-corrected chi connectivity index (χ1v) is 17.1. The van der Waals surface area contributed by atoms with Crippen LogP contribution in [0.3, 0.4) is 0 Å². The molecule has 10 rings (SSSR count). The van der Waals surface area contributed by atoms with Crippen molar-refractivity contribution >= 4 is 65.0 Å². The van der Waals surface area contributed by atoms with Gasteiger partial charge in [-0.2, -0.15) is 0 Å². The molecule has 0 bridgehead atoms. The first kappa shape index (κ1) is 31.2. The fraction of sp³-hybridized carbons (Fsp3) is 0. The highest BCUT2D eigenvalue weighted by Crippen LogP contribution is 2.47. The molecule has 0 fully saturated rings. The molecule has 8 heteroatoms.